The molecule has 2 aromatic carbocycles. The van der Waals surface area contributed by atoms with E-state index in [4.69, 9.17) is 4.98 Å². The zero-order chi connectivity index (χ0) is 27.7. The molecule has 4 heterocycles. The van der Waals surface area contributed by atoms with Crippen molar-refractivity contribution in [3.8, 4) is 22.4 Å². The van der Waals surface area contributed by atoms with Crippen LogP contribution in [0.25, 0.3) is 28.0 Å². The number of halogens is 3. The lowest BCUT2D eigenvalue weighted by Gasteiger charge is -2.24. The third-order valence-electron chi connectivity index (χ3n) is 7.36. The molecule has 1 atom stereocenters. The van der Waals surface area contributed by atoms with E-state index in [9.17, 15) is 13.2 Å². The molecule has 3 aromatic heterocycles. The van der Waals surface area contributed by atoms with Crippen LogP contribution in [0.3, 0.4) is 0 Å². The lowest BCUT2D eigenvalue weighted by molar-refractivity contribution is -0.137. The van der Waals surface area contributed by atoms with Crippen molar-refractivity contribution in [2.45, 2.75) is 37.9 Å². The van der Waals surface area contributed by atoms with Crippen LogP contribution < -0.4 is 10.6 Å². The Bertz CT molecular complexity index is 1630. The molecular weight excluding hydrogens is 515 g/mol. The van der Waals surface area contributed by atoms with Crippen LogP contribution in [0.5, 0.6) is 0 Å². The van der Waals surface area contributed by atoms with Gasteiger partial charge in [-0.25, -0.2) is 9.97 Å². The number of alkyl halides is 3. The molecule has 40 heavy (non-hydrogen) atoms. The lowest BCUT2D eigenvalue weighted by atomic mass is 9.94. The smallest absolute Gasteiger partial charge is 0.364 e. The number of pyridine rings is 1. The molecule has 1 aliphatic heterocycles. The molecule has 0 aliphatic carbocycles. The molecule has 10 heteroatoms. The number of anilines is 1. The van der Waals surface area contributed by atoms with Gasteiger partial charge in [-0.3, -0.25) is 4.40 Å². The molecule has 0 unspecified atom stereocenters. The third kappa shape index (κ3) is 5.14. The van der Waals surface area contributed by atoms with Crippen LogP contribution in [0.15, 0.2) is 79.3 Å². The van der Waals surface area contributed by atoms with Gasteiger partial charge in [-0.1, -0.05) is 42.5 Å². The number of piperidine rings is 1. The molecule has 0 amide bonds. The predicted molar refractivity (Wildman–Crippen MR) is 148 cm³/mol. The van der Waals surface area contributed by atoms with Crippen LogP contribution in [0.4, 0.5) is 19.0 Å². The Morgan fingerprint density at radius 1 is 0.975 bits per heavy atom. The number of aromatic nitrogens is 5. The summed E-state index contributed by atoms with van der Waals surface area (Å²) in [4.78, 5) is 9.65. The highest BCUT2D eigenvalue weighted by molar-refractivity contribution is 5.90. The average Bonchev–Trinajstić information content (AvgIpc) is 3.47. The highest BCUT2D eigenvalue weighted by atomic mass is 19.4. The van der Waals surface area contributed by atoms with Crippen LogP contribution in [-0.4, -0.2) is 37.7 Å². The van der Waals surface area contributed by atoms with E-state index < -0.39 is 11.7 Å². The molecule has 7 nitrogen and oxygen atoms in total. The van der Waals surface area contributed by atoms with Gasteiger partial charge >= 0.3 is 6.18 Å². The van der Waals surface area contributed by atoms with E-state index in [1.54, 1.807) is 18.6 Å². The van der Waals surface area contributed by atoms with Crippen molar-refractivity contribution in [1.82, 2.24) is 29.9 Å². The molecule has 1 aliphatic rings. The van der Waals surface area contributed by atoms with Gasteiger partial charge in [0.25, 0.3) is 0 Å². The minimum absolute atomic E-state index is 0.0101. The summed E-state index contributed by atoms with van der Waals surface area (Å²) in [5.74, 6) is 1.60. The molecule has 1 fully saturated rings. The number of nitrogens with one attached hydrogen (secondary N) is 2. The first-order chi connectivity index (χ1) is 19.4. The van der Waals surface area contributed by atoms with Gasteiger partial charge in [-0.05, 0) is 68.2 Å². The lowest BCUT2D eigenvalue weighted by Crippen LogP contribution is -2.28. The standard InChI is InChI=1S/C30H28F3N7/c1-19(20-6-3-2-4-7-20)37-25-17-23(12-15-35-25)27-26(22-8-5-9-24(16-22)30(31,32)33)29-39-36-18-40(29)28(38-27)21-10-13-34-14-11-21/h2-9,12,15-19,21,34H,10-11,13-14H2,1H3,(H,35,37)/t19-/m0/s1. The predicted octanol–water partition coefficient (Wildman–Crippen LogP) is 6.51. The van der Waals surface area contributed by atoms with Crippen LogP contribution in [0, 0.1) is 0 Å². The van der Waals surface area contributed by atoms with Gasteiger partial charge in [0.15, 0.2) is 5.65 Å². The van der Waals surface area contributed by atoms with Gasteiger partial charge in [-0.2, -0.15) is 13.2 Å². The molecule has 0 spiro atoms. The molecule has 5 aromatic rings. The quantitative estimate of drug-likeness (QED) is 0.254. The van der Waals surface area contributed by atoms with Crippen LogP contribution in [0.2, 0.25) is 0 Å². The van der Waals surface area contributed by atoms with Crippen molar-refractivity contribution in [1.29, 1.82) is 0 Å². The van der Waals surface area contributed by atoms with Gasteiger partial charge < -0.3 is 10.6 Å². The summed E-state index contributed by atoms with van der Waals surface area (Å²) < 4.78 is 43.0. The second kappa shape index (κ2) is 10.7. The van der Waals surface area contributed by atoms with E-state index in [1.807, 2.05) is 53.8 Å². The Labute approximate surface area is 229 Å². The van der Waals surface area contributed by atoms with Crippen molar-refractivity contribution >= 4 is 11.5 Å². The second-order valence-electron chi connectivity index (χ2n) is 10.0. The molecule has 0 bridgehead atoms. The summed E-state index contributed by atoms with van der Waals surface area (Å²) >= 11 is 0. The Morgan fingerprint density at radius 3 is 2.55 bits per heavy atom. The number of benzene rings is 2. The monoisotopic (exact) mass is 543 g/mol. The first-order valence-corrected chi connectivity index (χ1v) is 13.3. The maximum absolute atomic E-state index is 13.7. The highest BCUT2D eigenvalue weighted by Gasteiger charge is 2.32. The summed E-state index contributed by atoms with van der Waals surface area (Å²) in [5.41, 5.74) is 2.99. The molecule has 2 N–H and O–H groups in total. The Morgan fingerprint density at radius 2 is 1.77 bits per heavy atom. The van der Waals surface area contributed by atoms with E-state index in [1.165, 1.54) is 6.07 Å². The van der Waals surface area contributed by atoms with Crippen LogP contribution in [0.1, 0.15) is 48.7 Å². The maximum Gasteiger partial charge on any atom is 0.416 e. The minimum Gasteiger partial charge on any atom is -0.364 e. The number of rotatable bonds is 6. The largest absolute Gasteiger partial charge is 0.416 e. The molecule has 6 rings (SSSR count). The number of fused-ring (bicyclic) bond motifs is 1. The number of hydrogen-bond acceptors (Lipinski definition) is 6. The van der Waals surface area contributed by atoms with Crippen molar-refractivity contribution in [2.24, 2.45) is 0 Å². The van der Waals surface area contributed by atoms with Gasteiger partial charge in [-0.15, -0.1) is 10.2 Å². The summed E-state index contributed by atoms with van der Waals surface area (Å²) in [6, 6.07) is 19.0. The van der Waals surface area contributed by atoms with E-state index in [2.05, 4.69) is 25.8 Å². The molecule has 1 saturated heterocycles. The van der Waals surface area contributed by atoms with Crippen LogP contribution >= 0.6 is 0 Å². The SMILES string of the molecule is C[C@H](Nc1cc(-c2nc(C3CCNCC3)n3cnnc3c2-c2cccc(C(F)(F)F)c2)ccn1)c1ccccc1. The molecule has 0 radical (unpaired) electrons. The topological polar surface area (TPSA) is 80.0 Å². The normalized spacial score (nSPS) is 15.3. The molecule has 204 valence electrons. The van der Waals surface area contributed by atoms with Gasteiger partial charge in [0.1, 0.15) is 18.0 Å². The number of hydrogen-bond donors (Lipinski definition) is 2. The fourth-order valence-corrected chi connectivity index (χ4v) is 5.30. The summed E-state index contributed by atoms with van der Waals surface area (Å²) in [7, 11) is 0. The second-order valence-corrected chi connectivity index (χ2v) is 10.0. The Balaban J connectivity index is 1.52. The molecule has 0 saturated carbocycles. The van der Waals surface area contributed by atoms with Gasteiger partial charge in [0, 0.05) is 23.7 Å². The van der Waals surface area contributed by atoms with Crippen molar-refractivity contribution in [3.05, 3.63) is 96.2 Å². The minimum atomic E-state index is -4.48. The maximum atomic E-state index is 13.7. The van der Waals surface area contributed by atoms with E-state index in [0.717, 1.165) is 55.0 Å². The fourth-order valence-electron chi connectivity index (χ4n) is 5.30. The third-order valence-corrected chi connectivity index (χ3v) is 7.36. The fraction of sp³-hybridized carbons (Fsp3) is 0.267. The van der Waals surface area contributed by atoms with Gasteiger partial charge in [0.05, 0.1) is 16.8 Å². The zero-order valence-electron chi connectivity index (χ0n) is 21.9. The van der Waals surface area contributed by atoms with Crippen molar-refractivity contribution in [3.63, 3.8) is 0 Å². The van der Waals surface area contributed by atoms with E-state index in [-0.39, 0.29) is 12.0 Å². The Kier molecular flexibility index (Phi) is 6.93. The van der Waals surface area contributed by atoms with E-state index in [0.29, 0.717) is 28.3 Å². The highest BCUT2D eigenvalue weighted by Crippen LogP contribution is 2.39. The van der Waals surface area contributed by atoms with Gasteiger partial charge in [0.2, 0.25) is 0 Å². The molecular formula is C30H28F3N7. The first-order valence-electron chi connectivity index (χ1n) is 13.3. The summed E-state index contributed by atoms with van der Waals surface area (Å²) in [6.07, 6.45) is 0.581. The number of nitrogens with zero attached hydrogens (tertiary/aromatic N) is 5. The Hall–Kier alpha value is -4.31. The zero-order valence-corrected chi connectivity index (χ0v) is 21.9. The first kappa shape index (κ1) is 25.9. The summed E-state index contributed by atoms with van der Waals surface area (Å²) in [6.45, 7) is 3.77. The van der Waals surface area contributed by atoms with Crippen molar-refractivity contribution in [2.75, 3.05) is 18.4 Å². The van der Waals surface area contributed by atoms with E-state index >= 15 is 0 Å². The van der Waals surface area contributed by atoms with Crippen LogP contribution in [-0.2, 0) is 6.18 Å². The summed E-state index contributed by atoms with van der Waals surface area (Å²) in [5, 5.41) is 15.3. The van der Waals surface area contributed by atoms with Crippen molar-refractivity contribution < 1.29 is 13.2 Å². The average molecular weight is 544 g/mol.